The van der Waals surface area contributed by atoms with Crippen LogP contribution < -0.4 is 4.90 Å². The third-order valence-corrected chi connectivity index (χ3v) is 6.04. The van der Waals surface area contributed by atoms with E-state index < -0.39 is 22.2 Å². The Labute approximate surface area is 160 Å². The molecule has 1 saturated heterocycles. The summed E-state index contributed by atoms with van der Waals surface area (Å²) in [4.78, 5) is 6.24. The molecule has 28 heavy (non-hydrogen) atoms. The van der Waals surface area contributed by atoms with Gasteiger partial charge in [0.2, 0.25) is 0 Å². The van der Waals surface area contributed by atoms with Gasteiger partial charge in [0.1, 0.15) is 6.07 Å². The molecule has 6 nitrogen and oxygen atoms in total. The zero-order valence-corrected chi connectivity index (χ0v) is 15.8. The molecule has 0 spiro atoms. The lowest BCUT2D eigenvalue weighted by atomic mass is 9.95. The van der Waals surface area contributed by atoms with Gasteiger partial charge in [0.25, 0.3) is 0 Å². The molecule has 0 bridgehead atoms. The number of pyridine rings is 1. The Kier molecular flexibility index (Phi) is 5.50. The van der Waals surface area contributed by atoms with Crippen molar-refractivity contribution in [3.05, 3.63) is 36.0 Å². The predicted molar refractivity (Wildman–Crippen MR) is 96.9 cm³/mol. The van der Waals surface area contributed by atoms with Crippen LogP contribution in [0.25, 0.3) is 10.9 Å². The van der Waals surface area contributed by atoms with Crippen molar-refractivity contribution in [2.75, 3.05) is 24.6 Å². The van der Waals surface area contributed by atoms with E-state index in [9.17, 15) is 26.9 Å². The number of rotatable bonds is 5. The summed E-state index contributed by atoms with van der Waals surface area (Å²) in [5.74, 6) is -0.393. The predicted octanol–water partition coefficient (Wildman–Crippen LogP) is 3.44. The number of benzene rings is 1. The van der Waals surface area contributed by atoms with Gasteiger partial charge < -0.3 is 4.90 Å². The molecule has 0 aliphatic carbocycles. The maximum absolute atomic E-state index is 12.5. The SMILES string of the molecule is CC[C@H]1CN(c2ccc(C#N)c3ncccc23)C[C@@H]1COS(=O)(=O)C(F)(F)F. The van der Waals surface area contributed by atoms with Crippen LogP contribution >= 0.6 is 0 Å². The molecule has 1 fully saturated rings. The van der Waals surface area contributed by atoms with Gasteiger partial charge in [-0.05, 0) is 30.2 Å². The quantitative estimate of drug-likeness (QED) is 0.552. The van der Waals surface area contributed by atoms with E-state index in [0.29, 0.717) is 30.6 Å². The first-order valence-electron chi connectivity index (χ1n) is 8.66. The molecule has 2 atom stereocenters. The average Bonchev–Trinajstić information content (AvgIpc) is 3.07. The summed E-state index contributed by atoms with van der Waals surface area (Å²) >= 11 is 0. The Morgan fingerprint density at radius 3 is 2.64 bits per heavy atom. The summed E-state index contributed by atoms with van der Waals surface area (Å²) in [7, 11) is -5.61. The van der Waals surface area contributed by atoms with Crippen LogP contribution in [0.4, 0.5) is 18.9 Å². The van der Waals surface area contributed by atoms with Crippen LogP contribution in [0.15, 0.2) is 30.5 Å². The summed E-state index contributed by atoms with van der Waals surface area (Å²) in [6.45, 7) is 2.27. The Bertz CT molecular complexity index is 1020. The molecule has 1 aromatic carbocycles. The normalized spacial score (nSPS) is 20.5. The summed E-state index contributed by atoms with van der Waals surface area (Å²) in [6.07, 6.45) is 2.26. The Balaban J connectivity index is 1.85. The minimum absolute atomic E-state index is 0.0224. The number of nitrogens with zero attached hydrogens (tertiary/aromatic N) is 3. The van der Waals surface area contributed by atoms with Gasteiger partial charge in [-0.2, -0.15) is 26.9 Å². The van der Waals surface area contributed by atoms with E-state index in [2.05, 4.69) is 15.2 Å². The fourth-order valence-electron chi connectivity index (χ4n) is 3.55. The second-order valence-corrected chi connectivity index (χ2v) is 8.27. The lowest BCUT2D eigenvalue weighted by Crippen LogP contribution is -2.29. The largest absolute Gasteiger partial charge is 0.523 e. The minimum atomic E-state index is -5.61. The van der Waals surface area contributed by atoms with Gasteiger partial charge >= 0.3 is 15.6 Å². The van der Waals surface area contributed by atoms with Gasteiger partial charge in [-0.3, -0.25) is 9.17 Å². The van der Waals surface area contributed by atoms with E-state index in [1.807, 2.05) is 17.9 Å². The summed E-state index contributed by atoms with van der Waals surface area (Å²) < 4.78 is 64.2. The van der Waals surface area contributed by atoms with Crippen molar-refractivity contribution in [3.8, 4) is 6.07 Å². The van der Waals surface area contributed by atoms with Crippen molar-refractivity contribution in [1.29, 1.82) is 5.26 Å². The van der Waals surface area contributed by atoms with E-state index >= 15 is 0 Å². The Morgan fingerprint density at radius 2 is 2.00 bits per heavy atom. The number of hydrogen-bond acceptors (Lipinski definition) is 6. The van der Waals surface area contributed by atoms with Crippen LogP contribution in [0.3, 0.4) is 0 Å². The standard InChI is InChI=1S/C18H18F3N3O3S/c1-2-12-9-24(10-14(12)11-27-28(25,26)18(19,20)21)16-6-5-13(8-22)17-15(16)4-3-7-23-17/h3-7,12,14H,2,9-11H2,1H3/t12-,14+/m0/s1. The van der Waals surface area contributed by atoms with Crippen molar-refractivity contribution in [2.24, 2.45) is 11.8 Å². The first-order chi connectivity index (χ1) is 13.2. The molecule has 3 rings (SSSR count). The zero-order valence-electron chi connectivity index (χ0n) is 15.0. The van der Waals surface area contributed by atoms with Crippen LogP contribution in [0.1, 0.15) is 18.9 Å². The fourth-order valence-corrected chi connectivity index (χ4v) is 4.04. The molecular weight excluding hydrogens is 395 g/mol. The zero-order chi connectivity index (χ0) is 20.5. The van der Waals surface area contributed by atoms with Gasteiger partial charge in [0.05, 0.1) is 17.7 Å². The van der Waals surface area contributed by atoms with Gasteiger partial charge in [0, 0.05) is 36.3 Å². The molecule has 0 unspecified atom stereocenters. The Hall–Kier alpha value is -2.38. The van der Waals surface area contributed by atoms with Crippen molar-refractivity contribution in [3.63, 3.8) is 0 Å². The smallest absolute Gasteiger partial charge is 0.370 e. The molecule has 0 saturated carbocycles. The van der Waals surface area contributed by atoms with Gasteiger partial charge in [-0.25, -0.2) is 0 Å². The molecule has 0 N–H and O–H groups in total. The van der Waals surface area contributed by atoms with Crippen molar-refractivity contribution >= 4 is 26.7 Å². The Morgan fingerprint density at radius 1 is 1.29 bits per heavy atom. The highest BCUT2D eigenvalue weighted by atomic mass is 32.2. The molecule has 1 aliphatic rings. The van der Waals surface area contributed by atoms with Crippen LogP contribution in [0.2, 0.25) is 0 Å². The van der Waals surface area contributed by atoms with Gasteiger partial charge in [0.15, 0.2) is 0 Å². The topological polar surface area (TPSA) is 83.3 Å². The number of aromatic nitrogens is 1. The summed E-state index contributed by atoms with van der Waals surface area (Å²) in [6, 6.07) is 9.11. The van der Waals surface area contributed by atoms with E-state index in [-0.39, 0.29) is 11.8 Å². The van der Waals surface area contributed by atoms with Gasteiger partial charge in [-0.15, -0.1) is 0 Å². The second-order valence-electron chi connectivity index (χ2n) is 6.66. The number of anilines is 1. The highest BCUT2D eigenvalue weighted by Gasteiger charge is 2.48. The molecule has 10 heteroatoms. The number of alkyl halides is 3. The highest BCUT2D eigenvalue weighted by Crippen LogP contribution is 2.36. The second kappa shape index (κ2) is 7.56. The molecule has 1 aromatic heterocycles. The van der Waals surface area contributed by atoms with Crippen molar-refractivity contribution < 1.29 is 25.8 Å². The van der Waals surface area contributed by atoms with E-state index in [1.165, 1.54) is 0 Å². The van der Waals surface area contributed by atoms with Crippen molar-refractivity contribution in [2.45, 2.75) is 18.9 Å². The molecule has 0 radical (unpaired) electrons. The molecule has 0 amide bonds. The average molecular weight is 413 g/mol. The van der Waals surface area contributed by atoms with Crippen LogP contribution in [-0.4, -0.2) is 38.6 Å². The van der Waals surface area contributed by atoms with E-state index in [4.69, 9.17) is 0 Å². The maximum atomic E-state index is 12.5. The maximum Gasteiger partial charge on any atom is 0.523 e. The first-order valence-corrected chi connectivity index (χ1v) is 10.1. The van der Waals surface area contributed by atoms with Crippen LogP contribution in [0.5, 0.6) is 0 Å². The fraction of sp³-hybridized carbons (Fsp3) is 0.444. The van der Waals surface area contributed by atoms with Crippen LogP contribution in [0, 0.1) is 23.2 Å². The van der Waals surface area contributed by atoms with E-state index in [1.54, 1.807) is 24.4 Å². The minimum Gasteiger partial charge on any atom is -0.370 e. The highest BCUT2D eigenvalue weighted by molar-refractivity contribution is 7.87. The number of halogens is 3. The molecule has 2 heterocycles. The molecular formula is C18H18F3N3O3S. The monoisotopic (exact) mass is 413 g/mol. The lowest BCUT2D eigenvalue weighted by Gasteiger charge is -2.21. The first kappa shape index (κ1) is 20.4. The summed E-state index contributed by atoms with van der Waals surface area (Å²) in [5, 5.41) is 10.0. The third-order valence-electron chi connectivity index (χ3n) is 5.03. The molecule has 1 aliphatic heterocycles. The van der Waals surface area contributed by atoms with Crippen LogP contribution in [-0.2, 0) is 14.3 Å². The lowest BCUT2D eigenvalue weighted by molar-refractivity contribution is -0.0552. The third kappa shape index (κ3) is 3.77. The number of hydrogen-bond donors (Lipinski definition) is 0. The number of nitriles is 1. The molecule has 150 valence electrons. The summed E-state index contributed by atoms with van der Waals surface area (Å²) in [5.41, 5.74) is -3.64. The number of fused-ring (bicyclic) bond motifs is 1. The van der Waals surface area contributed by atoms with E-state index in [0.717, 1.165) is 11.1 Å². The van der Waals surface area contributed by atoms with Crippen molar-refractivity contribution in [1.82, 2.24) is 4.98 Å². The molecule has 2 aromatic rings. The van der Waals surface area contributed by atoms with Gasteiger partial charge in [-0.1, -0.05) is 13.3 Å².